The van der Waals surface area contributed by atoms with E-state index in [0.717, 1.165) is 22.5 Å². The average Bonchev–Trinajstić information content (AvgIpc) is 2.88. The summed E-state index contributed by atoms with van der Waals surface area (Å²) >= 11 is 0. The number of rotatable bonds is 6. The Kier molecular flexibility index (Phi) is 6.21. The molecule has 180 valence electrons. The predicted octanol–water partition coefficient (Wildman–Crippen LogP) is 4.84. The first kappa shape index (κ1) is 23.2. The molecule has 0 aliphatic rings. The molecule has 0 fully saturated rings. The van der Waals surface area contributed by atoms with Crippen LogP contribution >= 0.6 is 0 Å². The van der Waals surface area contributed by atoms with Crippen molar-refractivity contribution in [2.45, 2.75) is 19.9 Å². The van der Waals surface area contributed by atoms with Crippen LogP contribution in [0.15, 0.2) is 83.9 Å². The van der Waals surface area contributed by atoms with Crippen LogP contribution in [0.1, 0.15) is 11.1 Å². The minimum absolute atomic E-state index is 0.0746. The molecule has 1 N–H and O–H groups in total. The molecule has 5 aromatic rings. The molecule has 0 unspecified atom stereocenters. The number of phenols is 1. The van der Waals surface area contributed by atoms with Crippen molar-refractivity contribution in [2.24, 2.45) is 0 Å². The molecule has 3 heterocycles. The lowest BCUT2D eigenvalue weighted by Gasteiger charge is -2.17. The molecule has 2 aromatic carbocycles. The molecule has 0 amide bonds. The van der Waals surface area contributed by atoms with Crippen LogP contribution in [-0.2, 0) is 13.0 Å². The Hall–Kier alpha value is -4.52. The van der Waals surface area contributed by atoms with Crippen molar-refractivity contribution >= 4 is 16.7 Å². The van der Waals surface area contributed by atoms with E-state index in [2.05, 4.69) is 9.97 Å². The van der Waals surface area contributed by atoms with Gasteiger partial charge in [0.25, 0.3) is 5.56 Å². The third-order valence-corrected chi connectivity index (χ3v) is 6.23. The molecule has 5 rings (SSSR count). The second-order valence-corrected chi connectivity index (χ2v) is 8.96. The summed E-state index contributed by atoms with van der Waals surface area (Å²) in [6.45, 7) is 2.39. The summed E-state index contributed by atoms with van der Waals surface area (Å²) in [5.41, 5.74) is 4.23. The fraction of sp³-hybridized carbons (Fsp3) is 0.172. The highest BCUT2D eigenvalue weighted by Gasteiger charge is 2.19. The molecule has 0 aliphatic carbocycles. The van der Waals surface area contributed by atoms with Crippen molar-refractivity contribution in [1.82, 2.24) is 19.5 Å². The molecule has 0 spiro atoms. The number of para-hydroxylation sites is 1. The Balaban J connectivity index is 1.73. The van der Waals surface area contributed by atoms with Gasteiger partial charge in [-0.25, -0.2) is 9.97 Å². The molecule has 0 radical (unpaired) electrons. The first-order valence-electron chi connectivity index (χ1n) is 11.8. The van der Waals surface area contributed by atoms with Gasteiger partial charge in [0.2, 0.25) is 0 Å². The van der Waals surface area contributed by atoms with E-state index in [1.54, 1.807) is 41.2 Å². The molecule has 0 bridgehead atoms. The van der Waals surface area contributed by atoms with Gasteiger partial charge in [0.1, 0.15) is 17.4 Å². The molecule has 3 aromatic heterocycles. The van der Waals surface area contributed by atoms with E-state index < -0.39 is 0 Å². The van der Waals surface area contributed by atoms with Crippen LogP contribution < -0.4 is 10.5 Å². The third kappa shape index (κ3) is 4.31. The number of aromatic hydroxyl groups is 1. The second kappa shape index (κ2) is 9.62. The fourth-order valence-corrected chi connectivity index (χ4v) is 4.51. The van der Waals surface area contributed by atoms with Gasteiger partial charge in [-0.3, -0.25) is 14.3 Å². The molecule has 0 saturated heterocycles. The highest BCUT2D eigenvalue weighted by molar-refractivity contribution is 5.92. The van der Waals surface area contributed by atoms with E-state index in [1.165, 1.54) is 0 Å². The number of benzene rings is 2. The average molecular weight is 478 g/mol. The second-order valence-electron chi connectivity index (χ2n) is 8.96. The minimum Gasteiger partial charge on any atom is -0.507 e. The van der Waals surface area contributed by atoms with Gasteiger partial charge in [0.05, 0.1) is 22.2 Å². The lowest BCUT2D eigenvalue weighted by atomic mass is 10.1. The Bertz CT molecular complexity index is 1610. The number of nitrogens with zero attached hydrogens (tertiary/aromatic N) is 5. The lowest BCUT2D eigenvalue weighted by molar-refractivity contribution is 0.476. The minimum atomic E-state index is -0.202. The Morgan fingerprint density at radius 1 is 0.972 bits per heavy atom. The molecular weight excluding hydrogens is 450 g/mol. The Labute approximate surface area is 209 Å². The fourth-order valence-electron chi connectivity index (χ4n) is 4.51. The van der Waals surface area contributed by atoms with E-state index in [0.29, 0.717) is 41.0 Å². The van der Waals surface area contributed by atoms with Gasteiger partial charge in [-0.05, 0) is 48.7 Å². The molecule has 0 saturated carbocycles. The van der Waals surface area contributed by atoms with Crippen LogP contribution in [0.5, 0.6) is 5.75 Å². The van der Waals surface area contributed by atoms with Gasteiger partial charge in [-0.1, -0.05) is 42.5 Å². The van der Waals surface area contributed by atoms with Gasteiger partial charge in [0.15, 0.2) is 0 Å². The number of anilines is 1. The summed E-state index contributed by atoms with van der Waals surface area (Å²) in [5, 5.41) is 11.0. The zero-order valence-corrected chi connectivity index (χ0v) is 20.5. The summed E-state index contributed by atoms with van der Waals surface area (Å²) in [4.78, 5) is 30.1. The zero-order chi connectivity index (χ0) is 25.2. The first-order chi connectivity index (χ1) is 17.4. The topological polar surface area (TPSA) is 84.1 Å². The number of aryl methyl sites for hydroxylation is 2. The summed E-state index contributed by atoms with van der Waals surface area (Å²) in [5.74, 6) is 1.36. The van der Waals surface area contributed by atoms with Gasteiger partial charge >= 0.3 is 0 Å². The van der Waals surface area contributed by atoms with Gasteiger partial charge in [0, 0.05) is 38.6 Å². The number of pyridine rings is 2. The van der Waals surface area contributed by atoms with E-state index in [9.17, 15) is 9.90 Å². The number of hydrogen-bond donors (Lipinski definition) is 1. The molecule has 0 atom stereocenters. The quantitative estimate of drug-likeness (QED) is 0.377. The standard InChI is InChI=1S/C29H27N5O2/c1-19-17-21(18-31-27(19)33(2)3)26-25-23(13-15-30-26)32-28(22-11-7-8-12-24(22)35)34(29(25)36)16-14-20-9-5-4-6-10-20/h4-13,15,17-18,35H,14,16H2,1-3H3. The van der Waals surface area contributed by atoms with Crippen molar-refractivity contribution in [3.63, 3.8) is 0 Å². The van der Waals surface area contributed by atoms with Gasteiger partial charge in [-0.2, -0.15) is 0 Å². The van der Waals surface area contributed by atoms with E-state index >= 15 is 0 Å². The number of fused-ring (bicyclic) bond motifs is 1. The smallest absolute Gasteiger partial charge is 0.263 e. The van der Waals surface area contributed by atoms with Crippen molar-refractivity contribution in [3.8, 4) is 28.4 Å². The zero-order valence-electron chi connectivity index (χ0n) is 20.5. The summed E-state index contributed by atoms with van der Waals surface area (Å²) in [7, 11) is 3.89. The lowest BCUT2D eigenvalue weighted by Crippen LogP contribution is -2.25. The molecule has 0 aliphatic heterocycles. The van der Waals surface area contributed by atoms with E-state index in [-0.39, 0.29) is 11.3 Å². The highest BCUT2D eigenvalue weighted by Crippen LogP contribution is 2.30. The normalized spacial score (nSPS) is 11.1. The largest absolute Gasteiger partial charge is 0.507 e. The molecule has 7 heteroatoms. The third-order valence-electron chi connectivity index (χ3n) is 6.23. The maximum absolute atomic E-state index is 14.1. The number of phenolic OH excluding ortho intramolecular Hbond substituents is 1. The Morgan fingerprint density at radius 3 is 2.44 bits per heavy atom. The van der Waals surface area contributed by atoms with Crippen LogP contribution in [0.3, 0.4) is 0 Å². The van der Waals surface area contributed by atoms with E-state index in [1.807, 2.05) is 68.4 Å². The van der Waals surface area contributed by atoms with Crippen molar-refractivity contribution in [1.29, 1.82) is 0 Å². The summed E-state index contributed by atoms with van der Waals surface area (Å²) in [6, 6.07) is 20.7. The van der Waals surface area contributed by atoms with Gasteiger partial charge in [-0.15, -0.1) is 0 Å². The maximum atomic E-state index is 14.1. The molecule has 7 nitrogen and oxygen atoms in total. The van der Waals surface area contributed by atoms with Crippen molar-refractivity contribution in [3.05, 3.63) is 101 Å². The highest BCUT2D eigenvalue weighted by atomic mass is 16.3. The van der Waals surface area contributed by atoms with Crippen LogP contribution in [0.2, 0.25) is 0 Å². The molecule has 36 heavy (non-hydrogen) atoms. The van der Waals surface area contributed by atoms with Crippen LogP contribution in [0, 0.1) is 6.92 Å². The van der Waals surface area contributed by atoms with Crippen LogP contribution in [0.25, 0.3) is 33.5 Å². The Morgan fingerprint density at radius 2 is 1.72 bits per heavy atom. The summed E-state index contributed by atoms with van der Waals surface area (Å²) < 4.78 is 1.64. The number of aromatic nitrogens is 4. The first-order valence-corrected chi connectivity index (χ1v) is 11.8. The monoisotopic (exact) mass is 477 g/mol. The van der Waals surface area contributed by atoms with Crippen molar-refractivity contribution < 1.29 is 5.11 Å². The van der Waals surface area contributed by atoms with Crippen molar-refractivity contribution in [2.75, 3.05) is 19.0 Å². The maximum Gasteiger partial charge on any atom is 0.263 e. The SMILES string of the molecule is Cc1cc(-c2nccc3nc(-c4ccccc4O)n(CCc4ccccc4)c(=O)c23)cnc1N(C)C. The summed E-state index contributed by atoms with van der Waals surface area (Å²) in [6.07, 6.45) is 4.04. The predicted molar refractivity (Wildman–Crippen MR) is 143 cm³/mol. The molecular formula is C29H27N5O2. The van der Waals surface area contributed by atoms with Crippen LogP contribution in [0.4, 0.5) is 5.82 Å². The van der Waals surface area contributed by atoms with Crippen LogP contribution in [-0.4, -0.2) is 38.7 Å². The van der Waals surface area contributed by atoms with E-state index in [4.69, 9.17) is 4.98 Å². The van der Waals surface area contributed by atoms with Gasteiger partial charge < -0.3 is 10.0 Å². The number of hydrogen-bond acceptors (Lipinski definition) is 6.